The second kappa shape index (κ2) is 6.15. The van der Waals surface area contributed by atoms with Crippen LogP contribution in [0.1, 0.15) is 30.7 Å². The van der Waals surface area contributed by atoms with Gasteiger partial charge in [-0.2, -0.15) is 5.10 Å². The van der Waals surface area contributed by atoms with Crippen LogP contribution in [0.15, 0.2) is 0 Å². The van der Waals surface area contributed by atoms with Gasteiger partial charge in [0, 0.05) is 19.6 Å². The summed E-state index contributed by atoms with van der Waals surface area (Å²) in [4.78, 5) is 24.7. The van der Waals surface area contributed by atoms with Crippen LogP contribution >= 0.6 is 0 Å². The molecule has 116 valence electrons. The van der Waals surface area contributed by atoms with Gasteiger partial charge in [0.05, 0.1) is 12.1 Å². The first-order chi connectivity index (χ1) is 9.90. The minimum Gasteiger partial charge on any atom is -0.481 e. The van der Waals surface area contributed by atoms with Crippen LogP contribution < -0.4 is 4.74 Å². The summed E-state index contributed by atoms with van der Waals surface area (Å²) in [5.74, 6) is -0.416. The van der Waals surface area contributed by atoms with Gasteiger partial charge >= 0.3 is 5.97 Å². The highest BCUT2D eigenvalue weighted by Crippen LogP contribution is 2.23. The van der Waals surface area contributed by atoms with E-state index in [9.17, 15) is 9.59 Å². The van der Waals surface area contributed by atoms with Gasteiger partial charge in [-0.25, -0.2) is 0 Å². The molecular weight excluding hydrogens is 274 g/mol. The predicted molar refractivity (Wildman–Crippen MR) is 75.2 cm³/mol. The summed E-state index contributed by atoms with van der Waals surface area (Å²) in [6.45, 7) is 4.23. The Morgan fingerprint density at radius 1 is 1.43 bits per heavy atom. The molecule has 7 nitrogen and oxygen atoms in total. The summed E-state index contributed by atoms with van der Waals surface area (Å²) in [5, 5.41) is 13.1. The van der Waals surface area contributed by atoms with Crippen molar-refractivity contribution in [3.05, 3.63) is 11.4 Å². The van der Waals surface area contributed by atoms with Gasteiger partial charge in [0.1, 0.15) is 5.69 Å². The van der Waals surface area contributed by atoms with Crippen molar-refractivity contribution in [1.82, 2.24) is 14.7 Å². The molecule has 1 fully saturated rings. The number of carboxylic acids is 1. The van der Waals surface area contributed by atoms with Gasteiger partial charge in [0.15, 0.2) is 12.4 Å². The van der Waals surface area contributed by atoms with Gasteiger partial charge in [0.25, 0.3) is 5.91 Å². The number of rotatable bonds is 5. The Hall–Kier alpha value is -2.05. The van der Waals surface area contributed by atoms with Crippen LogP contribution in [0.25, 0.3) is 0 Å². The number of carbonyl (C=O) groups excluding carboxylic acids is 1. The van der Waals surface area contributed by atoms with E-state index in [1.807, 2.05) is 20.9 Å². The molecule has 21 heavy (non-hydrogen) atoms. The molecule has 1 aliphatic heterocycles. The van der Waals surface area contributed by atoms with Crippen molar-refractivity contribution in [3.8, 4) is 5.75 Å². The van der Waals surface area contributed by atoms with Gasteiger partial charge in [-0.05, 0) is 26.7 Å². The molecule has 1 aromatic heterocycles. The average molecular weight is 295 g/mol. The van der Waals surface area contributed by atoms with Crippen LogP contribution in [0.2, 0.25) is 0 Å². The third-order valence-electron chi connectivity index (χ3n) is 3.89. The molecule has 1 aliphatic rings. The van der Waals surface area contributed by atoms with E-state index < -0.39 is 5.97 Å². The number of amides is 1. The maximum Gasteiger partial charge on any atom is 0.305 e. The molecule has 1 unspecified atom stereocenters. The van der Waals surface area contributed by atoms with E-state index in [2.05, 4.69) is 5.10 Å². The van der Waals surface area contributed by atoms with Crippen LogP contribution in [0.5, 0.6) is 5.75 Å². The van der Waals surface area contributed by atoms with Crippen molar-refractivity contribution in [2.75, 3.05) is 13.2 Å². The van der Waals surface area contributed by atoms with Crippen molar-refractivity contribution < 1.29 is 19.4 Å². The molecule has 0 spiro atoms. The number of ether oxygens (including phenoxy) is 1. The fourth-order valence-corrected chi connectivity index (χ4v) is 2.76. The Morgan fingerprint density at radius 2 is 2.14 bits per heavy atom. The highest BCUT2D eigenvalue weighted by Gasteiger charge is 2.30. The highest BCUT2D eigenvalue weighted by atomic mass is 16.5. The van der Waals surface area contributed by atoms with E-state index in [1.165, 1.54) is 0 Å². The Kier molecular flexibility index (Phi) is 4.50. The number of carbonyl (C=O) groups is 2. The fraction of sp³-hybridized carbons (Fsp3) is 0.643. The van der Waals surface area contributed by atoms with Gasteiger partial charge in [-0.15, -0.1) is 0 Å². The summed E-state index contributed by atoms with van der Waals surface area (Å²) in [5.41, 5.74) is 1.61. The van der Waals surface area contributed by atoms with Crippen LogP contribution in [-0.4, -0.2) is 50.9 Å². The number of aromatic nitrogens is 2. The Labute approximate surface area is 123 Å². The zero-order chi connectivity index (χ0) is 15.6. The standard InChI is InChI=1S/C14H21N3O4/c1-9-14(10(2)16(3)15-9)21-8-12(18)17-6-4-5-11(17)7-13(19)20/h11H,4-8H2,1-3H3,(H,19,20). The first-order valence-corrected chi connectivity index (χ1v) is 7.04. The number of carboxylic acid groups (broad SMARTS) is 1. The van der Waals surface area contributed by atoms with Crippen LogP contribution in [0.3, 0.4) is 0 Å². The number of hydrogen-bond acceptors (Lipinski definition) is 4. The number of nitrogens with zero attached hydrogens (tertiary/aromatic N) is 3. The number of aryl methyl sites for hydroxylation is 2. The number of likely N-dealkylation sites (tertiary alicyclic amines) is 1. The van der Waals surface area contributed by atoms with E-state index in [0.717, 1.165) is 24.2 Å². The quantitative estimate of drug-likeness (QED) is 0.871. The van der Waals surface area contributed by atoms with E-state index >= 15 is 0 Å². The molecule has 0 aromatic carbocycles. The Bertz CT molecular complexity index is 553. The van der Waals surface area contributed by atoms with Gasteiger partial charge in [0.2, 0.25) is 0 Å². The maximum absolute atomic E-state index is 12.2. The smallest absolute Gasteiger partial charge is 0.305 e. The highest BCUT2D eigenvalue weighted by molar-refractivity contribution is 5.79. The lowest BCUT2D eigenvalue weighted by molar-refractivity contribution is -0.140. The van der Waals surface area contributed by atoms with Crippen LogP contribution in [0, 0.1) is 13.8 Å². The van der Waals surface area contributed by atoms with Gasteiger partial charge in [-0.1, -0.05) is 0 Å². The van der Waals surface area contributed by atoms with Crippen molar-refractivity contribution in [2.45, 2.75) is 39.2 Å². The van der Waals surface area contributed by atoms with E-state index in [4.69, 9.17) is 9.84 Å². The van der Waals surface area contributed by atoms with E-state index in [1.54, 1.807) is 9.58 Å². The first kappa shape index (κ1) is 15.3. The molecule has 0 aliphatic carbocycles. The molecule has 1 N–H and O–H groups in total. The molecule has 0 bridgehead atoms. The molecule has 2 heterocycles. The normalized spacial score (nSPS) is 18.0. The van der Waals surface area contributed by atoms with Crippen LogP contribution in [-0.2, 0) is 16.6 Å². The third-order valence-corrected chi connectivity index (χ3v) is 3.89. The Morgan fingerprint density at radius 3 is 2.71 bits per heavy atom. The minimum absolute atomic E-state index is 0.00329. The molecule has 0 radical (unpaired) electrons. The topological polar surface area (TPSA) is 84.7 Å². The first-order valence-electron chi connectivity index (χ1n) is 7.04. The van der Waals surface area contributed by atoms with Gasteiger partial charge < -0.3 is 14.7 Å². The molecular formula is C14H21N3O4. The van der Waals surface area contributed by atoms with Crippen LogP contribution in [0.4, 0.5) is 0 Å². The molecule has 1 aromatic rings. The minimum atomic E-state index is -0.875. The molecule has 7 heteroatoms. The predicted octanol–water partition coefficient (Wildman–Crippen LogP) is 0.881. The second-order valence-corrected chi connectivity index (χ2v) is 5.39. The molecule has 1 atom stereocenters. The number of hydrogen-bond donors (Lipinski definition) is 1. The number of aliphatic carboxylic acids is 1. The van der Waals surface area contributed by atoms with E-state index in [0.29, 0.717) is 12.3 Å². The summed E-state index contributed by atoms with van der Waals surface area (Å²) in [7, 11) is 1.82. The SMILES string of the molecule is Cc1nn(C)c(C)c1OCC(=O)N1CCCC1CC(=O)O. The van der Waals surface area contributed by atoms with Gasteiger partial charge in [-0.3, -0.25) is 14.3 Å². The van der Waals surface area contributed by atoms with Crippen molar-refractivity contribution in [3.63, 3.8) is 0 Å². The summed E-state index contributed by atoms with van der Waals surface area (Å²) >= 11 is 0. The average Bonchev–Trinajstić information content (AvgIpc) is 2.93. The monoisotopic (exact) mass is 295 g/mol. The molecule has 1 amide bonds. The lowest BCUT2D eigenvalue weighted by Gasteiger charge is -2.23. The summed E-state index contributed by atoms with van der Waals surface area (Å²) < 4.78 is 7.30. The Balaban J connectivity index is 1.96. The third kappa shape index (κ3) is 3.34. The lowest BCUT2D eigenvalue weighted by Crippen LogP contribution is -2.39. The zero-order valence-electron chi connectivity index (χ0n) is 12.6. The molecule has 0 saturated carbocycles. The fourth-order valence-electron chi connectivity index (χ4n) is 2.76. The molecule has 2 rings (SSSR count). The van der Waals surface area contributed by atoms with Crippen molar-refractivity contribution >= 4 is 11.9 Å². The molecule has 1 saturated heterocycles. The lowest BCUT2D eigenvalue weighted by atomic mass is 10.1. The van der Waals surface area contributed by atoms with Crippen molar-refractivity contribution in [2.24, 2.45) is 7.05 Å². The zero-order valence-corrected chi connectivity index (χ0v) is 12.6. The summed E-state index contributed by atoms with van der Waals surface area (Å²) in [6, 6.07) is -0.213. The largest absolute Gasteiger partial charge is 0.481 e. The maximum atomic E-state index is 12.2. The van der Waals surface area contributed by atoms with Crippen molar-refractivity contribution in [1.29, 1.82) is 0 Å². The second-order valence-electron chi connectivity index (χ2n) is 5.39. The summed E-state index contributed by atoms with van der Waals surface area (Å²) in [6.07, 6.45) is 1.58. The van der Waals surface area contributed by atoms with E-state index in [-0.39, 0.29) is 25.0 Å².